The van der Waals surface area contributed by atoms with Crippen LogP contribution >= 0.6 is 11.3 Å². The molecule has 0 aliphatic heterocycles. The molecule has 0 aromatic carbocycles. The molecule has 15 heavy (non-hydrogen) atoms. The molecule has 84 valence electrons. The Hall–Kier alpha value is -1.01. The number of rotatable bonds is 4. The lowest BCUT2D eigenvalue weighted by Gasteiger charge is -2.04. The largest absolute Gasteiger partial charge is 0.348 e. The van der Waals surface area contributed by atoms with Gasteiger partial charge in [-0.3, -0.25) is 4.79 Å². The summed E-state index contributed by atoms with van der Waals surface area (Å²) in [5.41, 5.74) is 5.41. The van der Waals surface area contributed by atoms with Gasteiger partial charge in [-0.25, -0.2) is 0 Å². The van der Waals surface area contributed by atoms with Crippen molar-refractivity contribution < 1.29 is 4.79 Å². The molecule has 0 bridgehead atoms. The summed E-state index contributed by atoms with van der Waals surface area (Å²) < 4.78 is 0. The molecule has 0 spiro atoms. The van der Waals surface area contributed by atoms with Crippen LogP contribution in [0.3, 0.4) is 0 Å². The van der Waals surface area contributed by atoms with Crippen LogP contribution in [0.4, 0.5) is 0 Å². The Morgan fingerprint density at radius 2 is 2.13 bits per heavy atom. The zero-order valence-electron chi connectivity index (χ0n) is 9.15. The topological polar surface area (TPSA) is 80.9 Å². The van der Waals surface area contributed by atoms with Crippen molar-refractivity contribution in [2.75, 3.05) is 0 Å². The summed E-state index contributed by atoms with van der Waals surface area (Å²) >= 11 is 1.52. The molecule has 0 radical (unpaired) electrons. The summed E-state index contributed by atoms with van der Waals surface area (Å²) in [6.07, 6.45) is 0. The van der Waals surface area contributed by atoms with E-state index in [1.807, 2.05) is 0 Å². The van der Waals surface area contributed by atoms with Gasteiger partial charge in [-0.15, -0.1) is 10.2 Å². The number of carbonyl (C=O) groups excluding carboxylic acids is 1. The van der Waals surface area contributed by atoms with Gasteiger partial charge in [0.15, 0.2) is 0 Å². The molecule has 1 aromatic rings. The van der Waals surface area contributed by atoms with Crippen LogP contribution in [-0.2, 0) is 11.3 Å². The van der Waals surface area contributed by atoms with Crippen molar-refractivity contribution >= 4 is 17.2 Å². The van der Waals surface area contributed by atoms with E-state index in [2.05, 4.69) is 29.4 Å². The number of carbonyl (C=O) groups is 1. The van der Waals surface area contributed by atoms with Gasteiger partial charge >= 0.3 is 0 Å². The van der Waals surface area contributed by atoms with Gasteiger partial charge in [-0.1, -0.05) is 25.2 Å². The minimum Gasteiger partial charge on any atom is -0.348 e. The number of amides is 1. The lowest BCUT2D eigenvalue weighted by molar-refractivity contribution is -0.122. The van der Waals surface area contributed by atoms with Crippen LogP contribution in [0, 0.1) is 0 Å². The van der Waals surface area contributed by atoms with Crippen LogP contribution in [0.1, 0.15) is 36.7 Å². The highest BCUT2D eigenvalue weighted by Crippen LogP contribution is 2.18. The lowest BCUT2D eigenvalue weighted by Crippen LogP contribution is -2.37. The zero-order chi connectivity index (χ0) is 11.4. The van der Waals surface area contributed by atoms with Gasteiger partial charge < -0.3 is 11.1 Å². The monoisotopic (exact) mass is 228 g/mol. The van der Waals surface area contributed by atoms with Gasteiger partial charge in [0.1, 0.15) is 10.0 Å². The number of hydrogen-bond acceptors (Lipinski definition) is 5. The van der Waals surface area contributed by atoms with Crippen LogP contribution < -0.4 is 11.1 Å². The van der Waals surface area contributed by atoms with Gasteiger partial charge in [-0.05, 0) is 6.92 Å². The second kappa shape index (κ2) is 5.18. The maximum atomic E-state index is 11.2. The normalized spacial score (nSPS) is 12.9. The molecule has 0 saturated heterocycles. The molecular formula is C9H16N4OS. The predicted octanol–water partition coefficient (Wildman–Crippen LogP) is 0.625. The van der Waals surface area contributed by atoms with E-state index in [1.165, 1.54) is 11.3 Å². The van der Waals surface area contributed by atoms with Crippen molar-refractivity contribution in [2.24, 2.45) is 5.73 Å². The second-order valence-electron chi connectivity index (χ2n) is 3.70. The smallest absolute Gasteiger partial charge is 0.236 e. The van der Waals surface area contributed by atoms with E-state index in [0.717, 1.165) is 10.0 Å². The zero-order valence-corrected chi connectivity index (χ0v) is 9.97. The molecule has 6 heteroatoms. The Morgan fingerprint density at radius 1 is 1.47 bits per heavy atom. The summed E-state index contributed by atoms with van der Waals surface area (Å²) in [5, 5.41) is 12.5. The van der Waals surface area contributed by atoms with Gasteiger partial charge in [-0.2, -0.15) is 0 Å². The first-order chi connectivity index (χ1) is 7.00. The molecule has 0 aliphatic rings. The van der Waals surface area contributed by atoms with Crippen molar-refractivity contribution in [2.45, 2.75) is 39.3 Å². The molecule has 1 aromatic heterocycles. The van der Waals surface area contributed by atoms with Gasteiger partial charge in [0.05, 0.1) is 12.6 Å². The molecule has 1 atom stereocenters. The highest BCUT2D eigenvalue weighted by atomic mass is 32.1. The van der Waals surface area contributed by atoms with Crippen LogP contribution in [0.5, 0.6) is 0 Å². The standard InChI is InChI=1S/C9H16N4OS/c1-5(2)9-13-12-7(15-9)4-11-8(14)6(3)10/h5-6H,4,10H2,1-3H3,(H,11,14)/t6-/m1/s1. The van der Waals surface area contributed by atoms with Crippen LogP contribution in [0.2, 0.25) is 0 Å². The van der Waals surface area contributed by atoms with Crippen molar-refractivity contribution in [3.63, 3.8) is 0 Å². The SMILES string of the molecule is CC(C)c1nnc(CNC(=O)[C@@H](C)N)s1. The third-order valence-electron chi connectivity index (χ3n) is 1.80. The van der Waals surface area contributed by atoms with Gasteiger partial charge in [0, 0.05) is 5.92 Å². The van der Waals surface area contributed by atoms with Crippen molar-refractivity contribution in [1.82, 2.24) is 15.5 Å². The van der Waals surface area contributed by atoms with Crippen molar-refractivity contribution in [3.05, 3.63) is 10.0 Å². The Labute approximate surface area is 93.1 Å². The van der Waals surface area contributed by atoms with E-state index in [0.29, 0.717) is 12.5 Å². The summed E-state index contributed by atoms with van der Waals surface area (Å²) in [5.74, 6) is 0.205. The third kappa shape index (κ3) is 3.56. The molecule has 1 amide bonds. The first-order valence-electron chi connectivity index (χ1n) is 4.86. The molecule has 1 heterocycles. The molecule has 0 saturated carbocycles. The maximum absolute atomic E-state index is 11.2. The molecule has 0 aliphatic carbocycles. The van der Waals surface area contributed by atoms with Crippen molar-refractivity contribution in [3.8, 4) is 0 Å². The van der Waals surface area contributed by atoms with Crippen LogP contribution in [-0.4, -0.2) is 22.1 Å². The van der Waals surface area contributed by atoms with E-state index >= 15 is 0 Å². The van der Waals surface area contributed by atoms with E-state index in [1.54, 1.807) is 6.92 Å². The number of nitrogens with one attached hydrogen (secondary N) is 1. The maximum Gasteiger partial charge on any atom is 0.236 e. The number of nitrogens with two attached hydrogens (primary N) is 1. The van der Waals surface area contributed by atoms with E-state index < -0.39 is 6.04 Å². The summed E-state index contributed by atoms with van der Waals surface area (Å²) in [7, 11) is 0. The average Bonchev–Trinajstić information content (AvgIpc) is 2.62. The van der Waals surface area contributed by atoms with Crippen LogP contribution in [0.15, 0.2) is 0 Å². The molecule has 0 unspecified atom stereocenters. The van der Waals surface area contributed by atoms with E-state index in [9.17, 15) is 4.79 Å². The summed E-state index contributed by atoms with van der Waals surface area (Å²) in [4.78, 5) is 11.2. The predicted molar refractivity (Wildman–Crippen MR) is 59.5 cm³/mol. The van der Waals surface area contributed by atoms with E-state index in [-0.39, 0.29) is 5.91 Å². The average molecular weight is 228 g/mol. The number of aromatic nitrogens is 2. The fourth-order valence-corrected chi connectivity index (χ4v) is 1.68. The molecular weight excluding hydrogens is 212 g/mol. The Morgan fingerprint density at radius 3 is 2.60 bits per heavy atom. The first-order valence-corrected chi connectivity index (χ1v) is 5.68. The first kappa shape index (κ1) is 12.1. The van der Waals surface area contributed by atoms with Gasteiger partial charge in [0.25, 0.3) is 0 Å². The highest BCUT2D eigenvalue weighted by molar-refractivity contribution is 7.11. The fourth-order valence-electron chi connectivity index (χ4n) is 0.895. The fraction of sp³-hybridized carbons (Fsp3) is 0.667. The Bertz CT molecular complexity index is 335. The third-order valence-corrected chi connectivity index (χ3v) is 3.03. The molecule has 0 fully saturated rings. The van der Waals surface area contributed by atoms with E-state index in [4.69, 9.17) is 5.73 Å². The van der Waals surface area contributed by atoms with Crippen molar-refractivity contribution in [1.29, 1.82) is 0 Å². The minimum absolute atomic E-state index is 0.170. The molecule has 5 nitrogen and oxygen atoms in total. The molecule has 1 rings (SSSR count). The van der Waals surface area contributed by atoms with Crippen LogP contribution in [0.25, 0.3) is 0 Å². The lowest BCUT2D eigenvalue weighted by atomic mass is 10.2. The number of hydrogen-bond donors (Lipinski definition) is 2. The highest BCUT2D eigenvalue weighted by Gasteiger charge is 2.10. The Balaban J connectivity index is 2.48. The molecule has 3 N–H and O–H groups in total. The summed E-state index contributed by atoms with van der Waals surface area (Å²) in [6.45, 7) is 6.18. The number of nitrogens with zero attached hydrogens (tertiary/aromatic N) is 2. The Kier molecular flexibility index (Phi) is 4.16. The quantitative estimate of drug-likeness (QED) is 0.791. The summed E-state index contributed by atoms with van der Waals surface area (Å²) in [6, 6.07) is -0.484. The van der Waals surface area contributed by atoms with Gasteiger partial charge in [0.2, 0.25) is 5.91 Å². The minimum atomic E-state index is -0.484. The second-order valence-corrected chi connectivity index (χ2v) is 4.79.